The van der Waals surface area contributed by atoms with E-state index in [-0.39, 0.29) is 23.7 Å². The SMILES string of the molecule is CC(C)[C@@H](C(=O)OC(C)(C)C)N(C)C(=O)[C@H]1CCN(C(=O)C#CC(C)(C)N(C)C)C1. The molecule has 1 saturated heterocycles. The molecular weight excluding hydrogens is 382 g/mol. The molecule has 1 heterocycles. The van der Waals surface area contributed by atoms with Gasteiger partial charge in [-0.3, -0.25) is 14.5 Å². The lowest BCUT2D eigenvalue weighted by Gasteiger charge is -2.33. The van der Waals surface area contributed by atoms with E-state index in [0.29, 0.717) is 19.5 Å². The highest BCUT2D eigenvalue weighted by Gasteiger charge is 2.38. The van der Waals surface area contributed by atoms with Gasteiger partial charge in [-0.2, -0.15) is 0 Å². The van der Waals surface area contributed by atoms with Gasteiger partial charge in [0.25, 0.3) is 5.91 Å². The van der Waals surface area contributed by atoms with Gasteiger partial charge in [0.15, 0.2) is 0 Å². The van der Waals surface area contributed by atoms with Crippen molar-refractivity contribution < 1.29 is 19.1 Å². The van der Waals surface area contributed by atoms with Gasteiger partial charge in [-0.25, -0.2) is 4.79 Å². The Labute approximate surface area is 182 Å². The Morgan fingerprint density at radius 2 is 1.63 bits per heavy atom. The van der Waals surface area contributed by atoms with E-state index < -0.39 is 23.2 Å². The van der Waals surface area contributed by atoms with Gasteiger partial charge < -0.3 is 14.5 Å². The summed E-state index contributed by atoms with van der Waals surface area (Å²) in [4.78, 5) is 43.3. The molecule has 7 nitrogen and oxygen atoms in total. The van der Waals surface area contributed by atoms with Crippen molar-refractivity contribution in [1.29, 1.82) is 0 Å². The monoisotopic (exact) mass is 421 g/mol. The van der Waals surface area contributed by atoms with Gasteiger partial charge in [0.05, 0.1) is 11.5 Å². The number of rotatable bonds is 5. The minimum absolute atomic E-state index is 0.0907. The van der Waals surface area contributed by atoms with Crippen molar-refractivity contribution in [2.24, 2.45) is 11.8 Å². The lowest BCUT2D eigenvalue weighted by Crippen LogP contribution is -2.50. The summed E-state index contributed by atoms with van der Waals surface area (Å²) < 4.78 is 5.52. The molecule has 0 aromatic heterocycles. The maximum atomic E-state index is 13.1. The van der Waals surface area contributed by atoms with Crippen LogP contribution in [-0.2, 0) is 19.1 Å². The first-order valence-electron chi connectivity index (χ1n) is 10.6. The maximum absolute atomic E-state index is 13.1. The lowest BCUT2D eigenvalue weighted by molar-refractivity contribution is -0.166. The van der Waals surface area contributed by atoms with E-state index in [1.165, 1.54) is 4.90 Å². The Morgan fingerprint density at radius 3 is 2.10 bits per heavy atom. The number of hydrogen-bond donors (Lipinski definition) is 0. The third kappa shape index (κ3) is 7.02. The van der Waals surface area contributed by atoms with E-state index in [2.05, 4.69) is 11.8 Å². The number of likely N-dealkylation sites (tertiary alicyclic amines) is 1. The Kier molecular flexibility index (Phi) is 8.50. The van der Waals surface area contributed by atoms with Crippen molar-refractivity contribution >= 4 is 17.8 Å². The molecule has 7 heteroatoms. The van der Waals surface area contributed by atoms with Crippen molar-refractivity contribution in [3.63, 3.8) is 0 Å². The quantitative estimate of drug-likeness (QED) is 0.502. The van der Waals surface area contributed by atoms with Crippen molar-refractivity contribution in [2.75, 3.05) is 34.2 Å². The second-order valence-electron chi connectivity index (χ2n) is 10.1. The molecule has 2 amide bonds. The summed E-state index contributed by atoms with van der Waals surface area (Å²) in [6, 6.07) is -0.665. The third-order valence-electron chi connectivity index (χ3n) is 5.46. The number of hydrogen-bond acceptors (Lipinski definition) is 5. The van der Waals surface area contributed by atoms with Crippen LogP contribution in [0.25, 0.3) is 0 Å². The number of carbonyl (C=O) groups is 3. The summed E-state index contributed by atoms with van der Waals surface area (Å²) in [5.41, 5.74) is -1.04. The van der Waals surface area contributed by atoms with Crippen LogP contribution in [0, 0.1) is 23.7 Å². The van der Waals surface area contributed by atoms with Crippen molar-refractivity contribution in [3.8, 4) is 11.8 Å². The molecule has 1 aliphatic heterocycles. The summed E-state index contributed by atoms with van der Waals surface area (Å²) in [5, 5.41) is 0. The van der Waals surface area contributed by atoms with E-state index in [9.17, 15) is 14.4 Å². The molecule has 0 spiro atoms. The second-order valence-corrected chi connectivity index (χ2v) is 10.1. The van der Waals surface area contributed by atoms with Gasteiger partial charge in [0.1, 0.15) is 11.6 Å². The molecule has 0 aliphatic carbocycles. The number of carbonyl (C=O) groups excluding carboxylic acids is 3. The maximum Gasteiger partial charge on any atom is 0.329 e. The molecule has 2 atom stereocenters. The number of ether oxygens (including phenoxy) is 1. The summed E-state index contributed by atoms with van der Waals surface area (Å²) in [5.74, 6) is 4.47. The second kappa shape index (κ2) is 9.82. The summed E-state index contributed by atoms with van der Waals surface area (Å²) in [6.07, 6.45) is 0.562. The number of nitrogens with zero attached hydrogens (tertiary/aromatic N) is 3. The predicted octanol–water partition coefficient (Wildman–Crippen LogP) is 2.00. The summed E-state index contributed by atoms with van der Waals surface area (Å²) in [6.45, 7) is 13.9. The Morgan fingerprint density at radius 1 is 1.07 bits per heavy atom. The molecule has 0 aromatic carbocycles. The number of amides is 2. The average Bonchev–Trinajstić information content (AvgIpc) is 3.07. The molecule has 0 saturated carbocycles. The van der Waals surface area contributed by atoms with Gasteiger partial charge in [0, 0.05) is 20.1 Å². The first kappa shape index (κ1) is 26.0. The van der Waals surface area contributed by atoms with E-state index in [4.69, 9.17) is 4.74 Å². The molecule has 0 unspecified atom stereocenters. The first-order chi connectivity index (χ1) is 13.6. The van der Waals surface area contributed by atoms with Crippen LogP contribution in [0.5, 0.6) is 0 Å². The van der Waals surface area contributed by atoms with Crippen LogP contribution in [0.4, 0.5) is 0 Å². The zero-order chi connectivity index (χ0) is 23.4. The largest absolute Gasteiger partial charge is 0.458 e. The van der Waals surface area contributed by atoms with E-state index in [1.807, 2.05) is 67.5 Å². The molecule has 170 valence electrons. The lowest BCUT2D eigenvalue weighted by atomic mass is 9.99. The summed E-state index contributed by atoms with van der Waals surface area (Å²) in [7, 11) is 5.46. The van der Waals surface area contributed by atoms with Crippen LogP contribution in [-0.4, -0.2) is 83.9 Å². The zero-order valence-corrected chi connectivity index (χ0v) is 20.3. The van der Waals surface area contributed by atoms with Crippen molar-refractivity contribution in [1.82, 2.24) is 14.7 Å². The topological polar surface area (TPSA) is 70.2 Å². The molecular formula is C23H39N3O4. The van der Waals surface area contributed by atoms with Gasteiger partial charge >= 0.3 is 5.97 Å². The molecule has 30 heavy (non-hydrogen) atoms. The van der Waals surface area contributed by atoms with Gasteiger partial charge in [-0.1, -0.05) is 19.8 Å². The van der Waals surface area contributed by atoms with Crippen molar-refractivity contribution in [3.05, 3.63) is 0 Å². The highest BCUT2D eigenvalue weighted by atomic mass is 16.6. The summed E-state index contributed by atoms with van der Waals surface area (Å²) >= 11 is 0. The van der Waals surface area contributed by atoms with E-state index in [0.717, 1.165) is 0 Å². The van der Waals surface area contributed by atoms with Crippen molar-refractivity contribution in [2.45, 2.75) is 72.1 Å². The highest BCUT2D eigenvalue weighted by Crippen LogP contribution is 2.23. The molecule has 1 fully saturated rings. The highest BCUT2D eigenvalue weighted by molar-refractivity contribution is 5.95. The minimum atomic E-state index is -0.665. The van der Waals surface area contributed by atoms with Gasteiger partial charge in [0.2, 0.25) is 5.91 Å². The van der Waals surface area contributed by atoms with E-state index in [1.54, 1.807) is 11.9 Å². The molecule has 0 bridgehead atoms. The molecule has 1 aliphatic rings. The number of likely N-dealkylation sites (N-methyl/N-ethyl adjacent to an activating group) is 1. The van der Waals surface area contributed by atoms with Crippen LogP contribution in [0.2, 0.25) is 0 Å². The van der Waals surface area contributed by atoms with Gasteiger partial charge in [-0.05, 0) is 67.0 Å². The van der Waals surface area contributed by atoms with Crippen LogP contribution in [0.1, 0.15) is 54.9 Å². The smallest absolute Gasteiger partial charge is 0.329 e. The zero-order valence-electron chi connectivity index (χ0n) is 20.3. The number of esters is 1. The first-order valence-corrected chi connectivity index (χ1v) is 10.6. The molecule has 0 N–H and O–H groups in total. The van der Waals surface area contributed by atoms with Crippen LogP contribution >= 0.6 is 0 Å². The molecule has 0 radical (unpaired) electrons. The fraction of sp³-hybridized carbons (Fsp3) is 0.783. The fourth-order valence-corrected chi connectivity index (χ4v) is 3.21. The van der Waals surface area contributed by atoms with E-state index >= 15 is 0 Å². The van der Waals surface area contributed by atoms with Crippen LogP contribution in [0.15, 0.2) is 0 Å². The Balaban J connectivity index is 2.84. The fourth-order valence-electron chi connectivity index (χ4n) is 3.21. The molecule has 1 rings (SSSR count). The Bertz CT molecular complexity index is 710. The van der Waals surface area contributed by atoms with Gasteiger partial charge in [-0.15, -0.1) is 0 Å². The standard InChI is InChI=1S/C23H39N3O4/c1-16(2)19(21(29)30-22(3,4)5)25(10)20(28)17-12-14-26(15-17)18(27)11-13-23(6,7)24(8)9/h16-17,19H,12,14-15H2,1-10H3/t17-,19-/m0/s1. The normalized spacial score (nSPS) is 18.1. The minimum Gasteiger partial charge on any atom is -0.458 e. The molecule has 0 aromatic rings. The predicted molar refractivity (Wildman–Crippen MR) is 117 cm³/mol. The van der Waals surface area contributed by atoms with Crippen LogP contribution < -0.4 is 0 Å². The third-order valence-corrected chi connectivity index (χ3v) is 5.46. The Hall–Kier alpha value is -2.07. The average molecular weight is 422 g/mol. The van der Waals surface area contributed by atoms with Crippen LogP contribution in [0.3, 0.4) is 0 Å².